The van der Waals surface area contributed by atoms with Crippen molar-refractivity contribution in [3.63, 3.8) is 0 Å². The van der Waals surface area contributed by atoms with Gasteiger partial charge in [-0.3, -0.25) is 0 Å². The van der Waals surface area contributed by atoms with Gasteiger partial charge in [0, 0.05) is 31.8 Å². The zero-order chi connectivity index (χ0) is 7.97. The minimum atomic E-state index is 1.10. The molecule has 2 heteroatoms. The van der Waals surface area contributed by atoms with Crippen LogP contribution in [0.15, 0.2) is 35.7 Å². The molecule has 0 N–H and O–H groups in total. The third-order valence-electron chi connectivity index (χ3n) is 2.74. The molecule has 0 aromatic carbocycles. The summed E-state index contributed by atoms with van der Waals surface area (Å²) in [6, 6.07) is 0. The lowest BCUT2D eigenvalue weighted by Gasteiger charge is -2.29. The SMILES string of the molecule is C1=CC2=C3N(C1)CCN3CC=C2. The van der Waals surface area contributed by atoms with Gasteiger partial charge in [0.1, 0.15) is 5.82 Å². The molecule has 1 fully saturated rings. The van der Waals surface area contributed by atoms with Gasteiger partial charge in [0.15, 0.2) is 0 Å². The average molecular weight is 160 g/mol. The lowest BCUT2D eigenvalue weighted by Crippen LogP contribution is -2.28. The van der Waals surface area contributed by atoms with E-state index in [1.54, 1.807) is 0 Å². The van der Waals surface area contributed by atoms with Gasteiger partial charge in [-0.15, -0.1) is 0 Å². The number of hydrogen-bond acceptors (Lipinski definition) is 2. The van der Waals surface area contributed by atoms with E-state index in [1.165, 1.54) is 24.5 Å². The van der Waals surface area contributed by atoms with E-state index in [0.717, 1.165) is 13.1 Å². The zero-order valence-electron chi connectivity index (χ0n) is 7.03. The van der Waals surface area contributed by atoms with Crippen LogP contribution < -0.4 is 0 Å². The Balaban J connectivity index is 2.12. The Morgan fingerprint density at radius 1 is 0.917 bits per heavy atom. The maximum Gasteiger partial charge on any atom is 0.112 e. The number of nitrogens with zero attached hydrogens (tertiary/aromatic N) is 2. The van der Waals surface area contributed by atoms with Crippen LogP contribution in [0, 0.1) is 0 Å². The zero-order valence-corrected chi connectivity index (χ0v) is 7.03. The van der Waals surface area contributed by atoms with Crippen molar-refractivity contribution in [2.24, 2.45) is 0 Å². The Bertz CT molecular complexity index is 271. The van der Waals surface area contributed by atoms with E-state index in [2.05, 4.69) is 34.1 Å². The molecule has 3 rings (SSSR count). The van der Waals surface area contributed by atoms with Crippen LogP contribution in [0.1, 0.15) is 0 Å². The molecule has 0 saturated carbocycles. The Hall–Kier alpha value is -1.18. The molecule has 0 amide bonds. The fourth-order valence-electron chi connectivity index (χ4n) is 2.19. The van der Waals surface area contributed by atoms with Crippen molar-refractivity contribution in [1.82, 2.24) is 9.80 Å². The summed E-state index contributed by atoms with van der Waals surface area (Å²) in [7, 11) is 0. The standard InChI is InChI=1S/C10H12N2/c1-3-9-4-2-6-12-8-7-11(5-1)10(9)12/h1-4H,5-8H2. The fraction of sp³-hybridized carbons (Fsp3) is 0.400. The number of hydrogen-bond donors (Lipinski definition) is 0. The summed E-state index contributed by atoms with van der Waals surface area (Å²) in [6.07, 6.45) is 8.97. The normalized spacial score (nSPS) is 25.3. The second-order valence-corrected chi connectivity index (χ2v) is 3.48. The van der Waals surface area contributed by atoms with Crippen molar-refractivity contribution in [1.29, 1.82) is 0 Å². The van der Waals surface area contributed by atoms with Crippen LogP contribution in [-0.4, -0.2) is 36.0 Å². The quantitative estimate of drug-likeness (QED) is 0.520. The van der Waals surface area contributed by atoms with Gasteiger partial charge in [0.25, 0.3) is 0 Å². The Kier molecular flexibility index (Phi) is 1.14. The van der Waals surface area contributed by atoms with Crippen LogP contribution in [0.2, 0.25) is 0 Å². The molecule has 1 saturated heterocycles. The summed E-state index contributed by atoms with van der Waals surface area (Å²) in [6.45, 7) is 4.60. The molecule has 12 heavy (non-hydrogen) atoms. The van der Waals surface area contributed by atoms with Gasteiger partial charge in [-0.2, -0.15) is 0 Å². The van der Waals surface area contributed by atoms with Gasteiger partial charge >= 0.3 is 0 Å². The highest BCUT2D eigenvalue weighted by Gasteiger charge is 2.28. The van der Waals surface area contributed by atoms with Gasteiger partial charge in [-0.1, -0.05) is 24.3 Å². The molecule has 0 aromatic rings. The van der Waals surface area contributed by atoms with Gasteiger partial charge in [0.2, 0.25) is 0 Å². The maximum atomic E-state index is 2.46. The molecule has 0 spiro atoms. The molecule has 3 aliphatic rings. The lowest BCUT2D eigenvalue weighted by molar-refractivity contribution is 0.365. The Labute approximate surface area is 72.5 Å². The van der Waals surface area contributed by atoms with Crippen molar-refractivity contribution in [3.8, 4) is 0 Å². The van der Waals surface area contributed by atoms with Crippen molar-refractivity contribution in [2.45, 2.75) is 0 Å². The first-order valence-corrected chi connectivity index (χ1v) is 4.52. The highest BCUT2D eigenvalue weighted by molar-refractivity contribution is 5.41. The van der Waals surface area contributed by atoms with Crippen LogP contribution >= 0.6 is 0 Å². The van der Waals surface area contributed by atoms with Gasteiger partial charge < -0.3 is 9.80 Å². The van der Waals surface area contributed by atoms with Crippen LogP contribution in [0.25, 0.3) is 0 Å². The molecule has 0 atom stereocenters. The molecule has 2 nitrogen and oxygen atoms in total. The monoisotopic (exact) mass is 160 g/mol. The van der Waals surface area contributed by atoms with E-state index in [9.17, 15) is 0 Å². The van der Waals surface area contributed by atoms with Gasteiger partial charge in [0.05, 0.1) is 0 Å². The Morgan fingerprint density at radius 2 is 1.50 bits per heavy atom. The molecule has 0 bridgehead atoms. The minimum Gasteiger partial charge on any atom is -0.352 e. The number of allylic oxidation sites excluding steroid dienone is 3. The second kappa shape index (κ2) is 2.16. The second-order valence-electron chi connectivity index (χ2n) is 3.48. The summed E-state index contributed by atoms with van der Waals surface area (Å²) < 4.78 is 0. The van der Waals surface area contributed by atoms with E-state index in [4.69, 9.17) is 0 Å². The van der Waals surface area contributed by atoms with Gasteiger partial charge in [-0.25, -0.2) is 0 Å². The predicted octanol–water partition coefficient (Wildman–Crippen LogP) is 0.955. The third-order valence-corrected chi connectivity index (χ3v) is 2.74. The Morgan fingerprint density at radius 3 is 2.08 bits per heavy atom. The largest absolute Gasteiger partial charge is 0.352 e. The summed E-state index contributed by atoms with van der Waals surface area (Å²) in [5.74, 6) is 1.46. The van der Waals surface area contributed by atoms with E-state index in [-0.39, 0.29) is 0 Å². The van der Waals surface area contributed by atoms with Crippen molar-refractivity contribution in [3.05, 3.63) is 35.7 Å². The average Bonchev–Trinajstić information content (AvgIpc) is 2.52. The summed E-state index contributed by atoms with van der Waals surface area (Å²) in [4.78, 5) is 4.91. The molecule has 0 aliphatic carbocycles. The highest BCUT2D eigenvalue weighted by Crippen LogP contribution is 2.28. The van der Waals surface area contributed by atoms with Crippen molar-refractivity contribution < 1.29 is 0 Å². The first kappa shape index (κ1) is 6.35. The molecule has 0 radical (unpaired) electrons. The highest BCUT2D eigenvalue weighted by atomic mass is 15.4. The maximum absolute atomic E-state index is 2.46. The van der Waals surface area contributed by atoms with Crippen LogP contribution in [0.4, 0.5) is 0 Å². The van der Waals surface area contributed by atoms with E-state index in [1.807, 2.05) is 0 Å². The molecule has 62 valence electrons. The van der Waals surface area contributed by atoms with Gasteiger partial charge in [-0.05, 0) is 0 Å². The van der Waals surface area contributed by atoms with E-state index >= 15 is 0 Å². The first-order chi connectivity index (χ1) is 5.95. The van der Waals surface area contributed by atoms with E-state index in [0.29, 0.717) is 0 Å². The van der Waals surface area contributed by atoms with Crippen molar-refractivity contribution in [2.75, 3.05) is 26.2 Å². The molecular formula is C10H12N2. The predicted molar refractivity (Wildman–Crippen MR) is 48.5 cm³/mol. The number of rotatable bonds is 0. The summed E-state index contributed by atoms with van der Waals surface area (Å²) >= 11 is 0. The topological polar surface area (TPSA) is 6.48 Å². The molecular weight excluding hydrogens is 148 g/mol. The molecule has 3 aliphatic heterocycles. The summed E-state index contributed by atoms with van der Waals surface area (Å²) in [5, 5.41) is 0. The molecule has 0 unspecified atom stereocenters. The molecule has 3 heterocycles. The third kappa shape index (κ3) is 0.697. The van der Waals surface area contributed by atoms with Crippen LogP contribution in [0.3, 0.4) is 0 Å². The fourth-order valence-corrected chi connectivity index (χ4v) is 2.19. The van der Waals surface area contributed by atoms with Crippen LogP contribution in [-0.2, 0) is 0 Å². The first-order valence-electron chi connectivity index (χ1n) is 4.52. The van der Waals surface area contributed by atoms with Crippen molar-refractivity contribution >= 4 is 0 Å². The molecule has 0 aromatic heterocycles. The smallest absolute Gasteiger partial charge is 0.112 e. The lowest BCUT2D eigenvalue weighted by atomic mass is 10.1. The van der Waals surface area contributed by atoms with Crippen LogP contribution in [0.5, 0.6) is 0 Å². The van der Waals surface area contributed by atoms with E-state index < -0.39 is 0 Å². The minimum absolute atomic E-state index is 1.10. The summed E-state index contributed by atoms with van der Waals surface area (Å²) in [5.41, 5.74) is 1.39.